The van der Waals surface area contributed by atoms with Crippen molar-refractivity contribution in [2.75, 3.05) is 6.54 Å². The van der Waals surface area contributed by atoms with Gasteiger partial charge in [0.25, 0.3) is 0 Å². The Bertz CT molecular complexity index is 342. The Balaban J connectivity index is 2.32. The molecule has 14 heavy (non-hydrogen) atoms. The minimum absolute atomic E-state index is 0.144. The molecular formula is C12H16FN. The van der Waals surface area contributed by atoms with Crippen molar-refractivity contribution in [3.8, 4) is 0 Å². The first kappa shape index (κ1) is 9.66. The van der Waals surface area contributed by atoms with Crippen molar-refractivity contribution in [3.63, 3.8) is 0 Å². The second-order valence-corrected chi connectivity index (χ2v) is 4.28. The van der Waals surface area contributed by atoms with Gasteiger partial charge in [0.05, 0.1) is 0 Å². The number of rotatable bonds is 3. The van der Waals surface area contributed by atoms with E-state index < -0.39 is 0 Å². The summed E-state index contributed by atoms with van der Waals surface area (Å²) in [6, 6.07) is 5.10. The summed E-state index contributed by atoms with van der Waals surface area (Å²) in [5.41, 5.74) is 8.24. The number of aryl methyl sites for hydroxylation is 1. The van der Waals surface area contributed by atoms with Crippen LogP contribution in [0.4, 0.5) is 4.39 Å². The molecule has 0 aliphatic heterocycles. The molecule has 0 unspecified atom stereocenters. The highest BCUT2D eigenvalue weighted by Crippen LogP contribution is 2.51. The lowest BCUT2D eigenvalue weighted by atomic mass is 9.89. The molecule has 0 aromatic heterocycles. The van der Waals surface area contributed by atoms with Crippen LogP contribution in [0.25, 0.3) is 0 Å². The van der Waals surface area contributed by atoms with Crippen molar-refractivity contribution in [2.24, 2.45) is 5.73 Å². The maximum Gasteiger partial charge on any atom is 0.123 e. The van der Waals surface area contributed by atoms with Gasteiger partial charge in [0.2, 0.25) is 0 Å². The first-order valence-corrected chi connectivity index (χ1v) is 5.15. The molecule has 1 aromatic rings. The molecule has 0 atom stereocenters. The van der Waals surface area contributed by atoms with Crippen LogP contribution in [-0.4, -0.2) is 6.54 Å². The van der Waals surface area contributed by atoms with Crippen LogP contribution in [0, 0.1) is 12.7 Å². The van der Waals surface area contributed by atoms with Gasteiger partial charge in [0, 0.05) is 0 Å². The highest BCUT2D eigenvalue weighted by atomic mass is 19.1. The van der Waals surface area contributed by atoms with E-state index in [-0.39, 0.29) is 11.2 Å². The Morgan fingerprint density at radius 3 is 2.64 bits per heavy atom. The van der Waals surface area contributed by atoms with E-state index >= 15 is 0 Å². The molecule has 0 amide bonds. The predicted molar refractivity (Wildman–Crippen MR) is 55.7 cm³/mol. The van der Waals surface area contributed by atoms with Crippen LogP contribution in [0.1, 0.15) is 30.4 Å². The molecule has 1 saturated carbocycles. The van der Waals surface area contributed by atoms with Gasteiger partial charge in [-0.15, -0.1) is 0 Å². The highest BCUT2D eigenvalue weighted by Gasteiger charge is 2.43. The van der Waals surface area contributed by atoms with E-state index in [4.69, 9.17) is 5.73 Å². The molecule has 0 bridgehead atoms. The molecule has 0 radical (unpaired) electrons. The number of hydrogen-bond donors (Lipinski definition) is 1. The largest absolute Gasteiger partial charge is 0.330 e. The molecule has 1 fully saturated rings. The van der Waals surface area contributed by atoms with Gasteiger partial charge in [-0.2, -0.15) is 0 Å². The van der Waals surface area contributed by atoms with Crippen LogP contribution in [0.3, 0.4) is 0 Å². The third-order valence-electron chi connectivity index (χ3n) is 3.24. The summed E-state index contributed by atoms with van der Waals surface area (Å²) >= 11 is 0. The van der Waals surface area contributed by atoms with E-state index in [1.165, 1.54) is 18.4 Å². The Morgan fingerprint density at radius 1 is 1.43 bits per heavy atom. The van der Waals surface area contributed by atoms with Crippen LogP contribution in [0.15, 0.2) is 18.2 Å². The Hall–Kier alpha value is -0.890. The lowest BCUT2D eigenvalue weighted by molar-refractivity contribution is 0.607. The molecule has 1 aliphatic rings. The molecule has 1 aliphatic carbocycles. The number of hydrogen-bond acceptors (Lipinski definition) is 1. The standard InChI is InChI=1S/C12H16FN/c1-9-8-10(13)2-3-11(9)12(4-5-12)6-7-14/h2-3,8H,4-7,14H2,1H3. The highest BCUT2D eigenvalue weighted by molar-refractivity contribution is 5.38. The molecule has 1 aromatic carbocycles. The van der Waals surface area contributed by atoms with Gasteiger partial charge >= 0.3 is 0 Å². The summed E-state index contributed by atoms with van der Waals surface area (Å²) in [6.45, 7) is 2.70. The van der Waals surface area contributed by atoms with Gasteiger partial charge in [0.1, 0.15) is 5.82 Å². The van der Waals surface area contributed by atoms with Crippen LogP contribution < -0.4 is 5.73 Å². The van der Waals surface area contributed by atoms with Gasteiger partial charge in [-0.1, -0.05) is 6.07 Å². The molecule has 2 heteroatoms. The third-order valence-corrected chi connectivity index (χ3v) is 3.24. The van der Waals surface area contributed by atoms with Crippen LogP contribution in [-0.2, 0) is 5.41 Å². The number of nitrogens with two attached hydrogens (primary N) is 1. The van der Waals surface area contributed by atoms with Crippen LogP contribution >= 0.6 is 0 Å². The second-order valence-electron chi connectivity index (χ2n) is 4.28. The Labute approximate surface area is 84.1 Å². The number of halogens is 1. The summed E-state index contributed by atoms with van der Waals surface area (Å²) in [6.07, 6.45) is 3.44. The smallest absolute Gasteiger partial charge is 0.123 e. The molecule has 2 N–H and O–H groups in total. The van der Waals surface area contributed by atoms with Gasteiger partial charge in [-0.05, 0) is 61.4 Å². The minimum Gasteiger partial charge on any atom is -0.330 e. The van der Waals surface area contributed by atoms with Gasteiger partial charge in [-0.25, -0.2) is 4.39 Å². The van der Waals surface area contributed by atoms with Crippen molar-refractivity contribution >= 4 is 0 Å². The summed E-state index contributed by atoms with van der Waals surface area (Å²) in [5.74, 6) is -0.144. The lowest BCUT2D eigenvalue weighted by Gasteiger charge is -2.17. The van der Waals surface area contributed by atoms with Crippen molar-refractivity contribution in [1.29, 1.82) is 0 Å². The normalized spacial score (nSPS) is 18.2. The molecule has 0 saturated heterocycles. The number of benzene rings is 1. The third kappa shape index (κ3) is 1.55. The van der Waals surface area contributed by atoms with Gasteiger partial charge in [-0.3, -0.25) is 0 Å². The first-order valence-electron chi connectivity index (χ1n) is 5.15. The van der Waals surface area contributed by atoms with E-state index in [0.29, 0.717) is 0 Å². The zero-order valence-electron chi connectivity index (χ0n) is 8.52. The molecule has 2 rings (SSSR count). The van der Waals surface area contributed by atoms with Crippen molar-refractivity contribution < 1.29 is 4.39 Å². The molecule has 1 nitrogen and oxygen atoms in total. The van der Waals surface area contributed by atoms with Crippen molar-refractivity contribution in [1.82, 2.24) is 0 Å². The molecular weight excluding hydrogens is 177 g/mol. The summed E-state index contributed by atoms with van der Waals surface area (Å²) in [7, 11) is 0. The fourth-order valence-corrected chi connectivity index (χ4v) is 2.30. The van der Waals surface area contributed by atoms with E-state index in [9.17, 15) is 4.39 Å². The lowest BCUT2D eigenvalue weighted by Crippen LogP contribution is -2.14. The average Bonchev–Trinajstić information content (AvgIpc) is 2.86. The Kier molecular flexibility index (Phi) is 2.31. The maximum absolute atomic E-state index is 12.9. The average molecular weight is 193 g/mol. The van der Waals surface area contributed by atoms with Crippen LogP contribution in [0.2, 0.25) is 0 Å². The zero-order chi connectivity index (χ0) is 10.2. The quantitative estimate of drug-likeness (QED) is 0.784. The van der Waals surface area contributed by atoms with Crippen molar-refractivity contribution in [3.05, 3.63) is 35.1 Å². The maximum atomic E-state index is 12.9. The molecule has 76 valence electrons. The zero-order valence-corrected chi connectivity index (χ0v) is 8.52. The van der Waals surface area contributed by atoms with E-state index in [1.54, 1.807) is 12.1 Å². The van der Waals surface area contributed by atoms with E-state index in [1.807, 2.05) is 13.0 Å². The molecule has 0 spiro atoms. The Morgan fingerprint density at radius 2 is 2.14 bits per heavy atom. The fourth-order valence-electron chi connectivity index (χ4n) is 2.30. The second kappa shape index (κ2) is 3.35. The predicted octanol–water partition coefficient (Wildman–Crippen LogP) is 2.51. The topological polar surface area (TPSA) is 26.0 Å². The molecule has 0 heterocycles. The van der Waals surface area contributed by atoms with Gasteiger partial charge < -0.3 is 5.73 Å². The van der Waals surface area contributed by atoms with E-state index in [0.717, 1.165) is 18.5 Å². The minimum atomic E-state index is -0.144. The summed E-state index contributed by atoms with van der Waals surface area (Å²) in [4.78, 5) is 0. The van der Waals surface area contributed by atoms with E-state index in [2.05, 4.69) is 0 Å². The van der Waals surface area contributed by atoms with Crippen LogP contribution in [0.5, 0.6) is 0 Å². The monoisotopic (exact) mass is 193 g/mol. The van der Waals surface area contributed by atoms with Gasteiger partial charge in [0.15, 0.2) is 0 Å². The SMILES string of the molecule is Cc1cc(F)ccc1C1(CCN)CC1. The first-order chi connectivity index (χ1) is 6.68. The fraction of sp³-hybridized carbons (Fsp3) is 0.500. The summed E-state index contributed by atoms with van der Waals surface area (Å²) in [5, 5.41) is 0. The van der Waals surface area contributed by atoms with Crippen molar-refractivity contribution in [2.45, 2.75) is 31.6 Å². The summed E-state index contributed by atoms with van der Waals surface area (Å²) < 4.78 is 12.9.